The van der Waals surface area contributed by atoms with Crippen LogP contribution in [0.4, 0.5) is 33.2 Å². The average molecular weight is 493 g/mol. The molecule has 11 nitrogen and oxygen atoms in total. The SMILES string of the molecule is CCNS(=O)(=O)Nc1ccc(Nc2nc(Nc3cc(OC)c(OC)c(OC)c3)ncc2F)cc1. The Bertz CT molecular complexity index is 1220. The van der Waals surface area contributed by atoms with Crippen molar-refractivity contribution in [3.05, 3.63) is 48.4 Å². The third kappa shape index (κ3) is 6.14. The summed E-state index contributed by atoms with van der Waals surface area (Å²) < 4.78 is 58.6. The third-order valence-electron chi connectivity index (χ3n) is 4.40. The van der Waals surface area contributed by atoms with Gasteiger partial charge in [-0.3, -0.25) is 4.72 Å². The van der Waals surface area contributed by atoms with Gasteiger partial charge >= 0.3 is 0 Å². The molecule has 0 bridgehead atoms. The van der Waals surface area contributed by atoms with Crippen molar-refractivity contribution in [2.75, 3.05) is 43.2 Å². The first-order chi connectivity index (χ1) is 16.3. The number of nitrogens with zero attached hydrogens (tertiary/aromatic N) is 2. The monoisotopic (exact) mass is 492 g/mol. The molecule has 2 aromatic carbocycles. The van der Waals surface area contributed by atoms with E-state index in [2.05, 4.69) is 30.0 Å². The topological polar surface area (TPSA) is 136 Å². The maximum absolute atomic E-state index is 14.3. The number of nitrogens with one attached hydrogen (secondary N) is 4. The van der Waals surface area contributed by atoms with Gasteiger partial charge in [-0.25, -0.2) is 9.37 Å². The van der Waals surface area contributed by atoms with Crippen LogP contribution in [0.5, 0.6) is 17.2 Å². The molecule has 0 radical (unpaired) electrons. The second-order valence-electron chi connectivity index (χ2n) is 6.73. The lowest BCUT2D eigenvalue weighted by molar-refractivity contribution is 0.324. The van der Waals surface area contributed by atoms with Crippen LogP contribution in [-0.2, 0) is 10.2 Å². The molecule has 3 rings (SSSR count). The fraction of sp³-hybridized carbons (Fsp3) is 0.238. The number of hydrogen-bond acceptors (Lipinski definition) is 9. The number of methoxy groups -OCH3 is 3. The zero-order valence-corrected chi connectivity index (χ0v) is 19.8. The van der Waals surface area contributed by atoms with Crippen LogP contribution >= 0.6 is 0 Å². The molecule has 1 heterocycles. The first kappa shape index (κ1) is 24.8. The van der Waals surface area contributed by atoms with Gasteiger partial charge in [-0.15, -0.1) is 0 Å². The molecule has 0 aliphatic rings. The van der Waals surface area contributed by atoms with Gasteiger partial charge in [0.2, 0.25) is 11.7 Å². The highest BCUT2D eigenvalue weighted by Gasteiger charge is 2.15. The second-order valence-corrected chi connectivity index (χ2v) is 8.23. The number of ether oxygens (including phenoxy) is 3. The minimum absolute atomic E-state index is 0.0778. The highest BCUT2D eigenvalue weighted by atomic mass is 32.2. The van der Waals surface area contributed by atoms with Crippen LogP contribution in [0.1, 0.15) is 6.92 Å². The van der Waals surface area contributed by atoms with Crippen LogP contribution in [0.2, 0.25) is 0 Å². The van der Waals surface area contributed by atoms with Gasteiger partial charge in [0.1, 0.15) is 0 Å². The molecule has 182 valence electrons. The van der Waals surface area contributed by atoms with E-state index in [1.54, 1.807) is 31.2 Å². The van der Waals surface area contributed by atoms with Crippen molar-refractivity contribution in [3.63, 3.8) is 0 Å². The van der Waals surface area contributed by atoms with E-state index < -0.39 is 16.0 Å². The number of benzene rings is 2. The molecule has 3 aromatic rings. The van der Waals surface area contributed by atoms with Crippen molar-refractivity contribution in [2.24, 2.45) is 0 Å². The lowest BCUT2D eigenvalue weighted by Crippen LogP contribution is -2.29. The van der Waals surface area contributed by atoms with Crippen LogP contribution < -0.4 is 34.3 Å². The number of hydrogen-bond donors (Lipinski definition) is 4. The summed E-state index contributed by atoms with van der Waals surface area (Å²) in [6, 6.07) is 9.55. The number of halogens is 1. The minimum atomic E-state index is -3.65. The molecule has 1 aromatic heterocycles. The number of rotatable bonds is 11. The summed E-state index contributed by atoms with van der Waals surface area (Å²) in [4.78, 5) is 8.15. The van der Waals surface area contributed by atoms with Crippen molar-refractivity contribution in [1.82, 2.24) is 14.7 Å². The third-order valence-corrected chi connectivity index (χ3v) is 5.57. The summed E-state index contributed by atoms with van der Waals surface area (Å²) in [5, 5.41) is 5.83. The Balaban J connectivity index is 1.78. The Hall–Kier alpha value is -3.84. The first-order valence-corrected chi connectivity index (χ1v) is 11.5. The van der Waals surface area contributed by atoms with Crippen molar-refractivity contribution in [1.29, 1.82) is 0 Å². The molecule has 0 fully saturated rings. The molecule has 34 heavy (non-hydrogen) atoms. The molecule has 0 saturated heterocycles. The van der Waals surface area contributed by atoms with E-state index in [0.717, 1.165) is 6.20 Å². The van der Waals surface area contributed by atoms with Gasteiger partial charge in [0, 0.05) is 35.7 Å². The maximum Gasteiger partial charge on any atom is 0.299 e. The Morgan fingerprint density at radius 2 is 1.53 bits per heavy atom. The van der Waals surface area contributed by atoms with E-state index in [4.69, 9.17) is 14.2 Å². The lowest BCUT2D eigenvalue weighted by atomic mass is 10.2. The molecule has 0 unspecified atom stereocenters. The van der Waals surface area contributed by atoms with Gasteiger partial charge in [-0.2, -0.15) is 18.1 Å². The van der Waals surface area contributed by atoms with Crippen molar-refractivity contribution >= 4 is 39.0 Å². The molecule has 0 amide bonds. The van der Waals surface area contributed by atoms with Crippen molar-refractivity contribution < 1.29 is 27.0 Å². The summed E-state index contributed by atoms with van der Waals surface area (Å²) in [7, 11) is 0.838. The quantitative estimate of drug-likeness (QED) is 0.317. The molecule has 13 heteroatoms. The number of aromatic nitrogens is 2. The van der Waals surface area contributed by atoms with Gasteiger partial charge in [0.25, 0.3) is 10.2 Å². The molecule has 4 N–H and O–H groups in total. The zero-order valence-electron chi connectivity index (χ0n) is 19.0. The normalized spacial score (nSPS) is 11.0. The first-order valence-electron chi connectivity index (χ1n) is 10.0. The summed E-state index contributed by atoms with van der Waals surface area (Å²) in [5.41, 5.74) is 1.37. The highest BCUT2D eigenvalue weighted by molar-refractivity contribution is 7.90. The Morgan fingerprint density at radius 3 is 2.09 bits per heavy atom. The predicted molar refractivity (Wildman–Crippen MR) is 127 cm³/mol. The highest BCUT2D eigenvalue weighted by Crippen LogP contribution is 2.40. The molecule has 0 atom stereocenters. The maximum atomic E-state index is 14.3. The second kappa shape index (κ2) is 10.9. The van der Waals surface area contributed by atoms with Gasteiger partial charge in [-0.1, -0.05) is 6.92 Å². The Labute approximate surface area is 196 Å². The van der Waals surface area contributed by atoms with Gasteiger partial charge in [0.05, 0.1) is 27.5 Å². The standard InChI is InChI=1S/C21H25FN6O5S/c1-5-24-34(29,30)28-14-8-6-13(7-9-14)25-20-16(22)12-23-21(27-20)26-15-10-17(31-2)19(33-4)18(11-15)32-3/h6-12,24,28H,5H2,1-4H3,(H2,23,25,26,27). The summed E-state index contributed by atoms with van der Waals surface area (Å²) in [6.45, 7) is 1.93. The van der Waals surface area contributed by atoms with Crippen LogP contribution in [0.3, 0.4) is 0 Å². The van der Waals surface area contributed by atoms with Gasteiger partial charge < -0.3 is 24.8 Å². The molecule has 0 saturated carbocycles. The number of anilines is 5. The van der Waals surface area contributed by atoms with Gasteiger partial charge in [-0.05, 0) is 24.3 Å². The lowest BCUT2D eigenvalue weighted by Gasteiger charge is -2.15. The minimum Gasteiger partial charge on any atom is -0.493 e. The van der Waals surface area contributed by atoms with Crippen LogP contribution in [0.25, 0.3) is 0 Å². The van der Waals surface area contributed by atoms with Crippen LogP contribution in [0.15, 0.2) is 42.6 Å². The molecule has 0 aliphatic heterocycles. The van der Waals surface area contributed by atoms with E-state index >= 15 is 0 Å². The Kier molecular flexibility index (Phi) is 7.91. The van der Waals surface area contributed by atoms with E-state index in [0.29, 0.717) is 34.3 Å². The molecule has 0 spiro atoms. The van der Waals surface area contributed by atoms with E-state index in [1.165, 1.54) is 33.5 Å². The molecule has 0 aliphatic carbocycles. The predicted octanol–water partition coefficient (Wildman–Crippen LogP) is 3.39. The van der Waals surface area contributed by atoms with E-state index in [1.807, 2.05) is 0 Å². The van der Waals surface area contributed by atoms with Crippen molar-refractivity contribution in [3.8, 4) is 17.2 Å². The summed E-state index contributed by atoms with van der Waals surface area (Å²) in [5.74, 6) is 0.643. The molecular weight excluding hydrogens is 467 g/mol. The fourth-order valence-corrected chi connectivity index (χ4v) is 3.84. The summed E-state index contributed by atoms with van der Waals surface area (Å²) in [6.07, 6.45) is 1.02. The van der Waals surface area contributed by atoms with E-state index in [-0.39, 0.29) is 18.3 Å². The van der Waals surface area contributed by atoms with Crippen LogP contribution in [-0.4, -0.2) is 46.3 Å². The fourth-order valence-electron chi connectivity index (χ4n) is 2.94. The van der Waals surface area contributed by atoms with Crippen LogP contribution in [0, 0.1) is 5.82 Å². The molecular formula is C21H25FN6O5S. The van der Waals surface area contributed by atoms with E-state index in [9.17, 15) is 12.8 Å². The smallest absolute Gasteiger partial charge is 0.299 e. The van der Waals surface area contributed by atoms with Crippen molar-refractivity contribution in [2.45, 2.75) is 6.92 Å². The Morgan fingerprint density at radius 1 is 0.912 bits per heavy atom. The average Bonchev–Trinajstić information content (AvgIpc) is 2.81. The summed E-state index contributed by atoms with van der Waals surface area (Å²) >= 11 is 0. The zero-order chi connectivity index (χ0) is 24.7. The largest absolute Gasteiger partial charge is 0.493 e. The van der Waals surface area contributed by atoms with Gasteiger partial charge in [0.15, 0.2) is 23.1 Å².